The van der Waals surface area contributed by atoms with Crippen molar-refractivity contribution in [2.75, 3.05) is 11.9 Å². The van der Waals surface area contributed by atoms with Crippen molar-refractivity contribution in [3.63, 3.8) is 0 Å². The number of amides is 1. The molecule has 0 heterocycles. The van der Waals surface area contributed by atoms with Crippen molar-refractivity contribution < 1.29 is 19.0 Å². The van der Waals surface area contributed by atoms with Crippen molar-refractivity contribution >= 4 is 34.2 Å². The number of carbonyl (C=O) groups is 1. The zero-order valence-electron chi connectivity index (χ0n) is 11.2. The smallest absolute Gasteiger partial charge is 0.255 e. The molecule has 0 atom stereocenters. The number of nitrogens with one attached hydrogen (secondary N) is 1. The summed E-state index contributed by atoms with van der Waals surface area (Å²) in [4.78, 5) is 12.0. The molecule has 0 aromatic heterocycles. The normalized spacial score (nSPS) is 10.2. The summed E-state index contributed by atoms with van der Waals surface area (Å²) >= 11 is 1.96. The molecule has 1 amide bonds. The molecular weight excluding hydrogens is 388 g/mol. The first-order valence-corrected chi connectivity index (χ1v) is 7.31. The Balaban J connectivity index is 2.15. The van der Waals surface area contributed by atoms with Gasteiger partial charge >= 0.3 is 0 Å². The van der Waals surface area contributed by atoms with Gasteiger partial charge in [-0.2, -0.15) is 0 Å². The second-order valence-corrected chi connectivity index (χ2v) is 5.36. The summed E-state index contributed by atoms with van der Waals surface area (Å²) in [5.74, 6) is -0.797. The maximum absolute atomic E-state index is 13.7. The summed E-state index contributed by atoms with van der Waals surface area (Å²) in [5.41, 5.74) is 0.612. The Kier molecular flexibility index (Phi) is 5.00. The summed E-state index contributed by atoms with van der Waals surface area (Å²) in [7, 11) is 0. The first-order valence-electron chi connectivity index (χ1n) is 6.23. The number of hydrogen-bond acceptors (Lipinski definition) is 3. The molecule has 6 heteroatoms. The molecule has 2 aromatic carbocycles. The SMILES string of the molecule is CCOc1ccc(NC(=O)c2ccc(I)c(O)c2)cc1F. The second-order valence-electron chi connectivity index (χ2n) is 4.20. The number of halogens is 2. The summed E-state index contributed by atoms with van der Waals surface area (Å²) in [6.45, 7) is 2.13. The average molecular weight is 401 g/mol. The zero-order chi connectivity index (χ0) is 15.4. The van der Waals surface area contributed by atoms with E-state index in [4.69, 9.17) is 4.74 Å². The number of hydrogen-bond donors (Lipinski definition) is 2. The highest BCUT2D eigenvalue weighted by atomic mass is 127. The fraction of sp³-hybridized carbons (Fsp3) is 0.133. The van der Waals surface area contributed by atoms with E-state index in [0.717, 1.165) is 0 Å². The monoisotopic (exact) mass is 401 g/mol. The minimum atomic E-state index is -0.542. The van der Waals surface area contributed by atoms with E-state index < -0.39 is 11.7 Å². The molecule has 0 fully saturated rings. The molecule has 2 aromatic rings. The Hall–Kier alpha value is -1.83. The molecule has 4 nitrogen and oxygen atoms in total. The fourth-order valence-electron chi connectivity index (χ4n) is 1.71. The van der Waals surface area contributed by atoms with Crippen molar-refractivity contribution in [1.29, 1.82) is 0 Å². The Morgan fingerprint density at radius 3 is 2.71 bits per heavy atom. The highest BCUT2D eigenvalue weighted by Crippen LogP contribution is 2.23. The first-order chi connectivity index (χ1) is 10.0. The van der Waals surface area contributed by atoms with Crippen LogP contribution in [0.5, 0.6) is 11.5 Å². The van der Waals surface area contributed by atoms with Crippen LogP contribution in [0.2, 0.25) is 0 Å². The van der Waals surface area contributed by atoms with Crippen LogP contribution in [0, 0.1) is 9.39 Å². The van der Waals surface area contributed by atoms with Gasteiger partial charge in [-0.05, 0) is 59.8 Å². The van der Waals surface area contributed by atoms with E-state index in [0.29, 0.717) is 21.4 Å². The van der Waals surface area contributed by atoms with Gasteiger partial charge in [-0.15, -0.1) is 0 Å². The molecule has 2 rings (SSSR count). The number of anilines is 1. The molecule has 0 aliphatic heterocycles. The van der Waals surface area contributed by atoms with Crippen LogP contribution in [0.4, 0.5) is 10.1 Å². The summed E-state index contributed by atoms with van der Waals surface area (Å²) in [6.07, 6.45) is 0. The maximum Gasteiger partial charge on any atom is 0.255 e. The van der Waals surface area contributed by atoms with E-state index in [1.54, 1.807) is 25.1 Å². The Labute approximate surface area is 135 Å². The number of benzene rings is 2. The van der Waals surface area contributed by atoms with Gasteiger partial charge in [0.15, 0.2) is 11.6 Å². The van der Waals surface area contributed by atoms with Gasteiger partial charge in [-0.3, -0.25) is 4.79 Å². The summed E-state index contributed by atoms with van der Waals surface area (Å²) in [5, 5.41) is 12.2. The highest BCUT2D eigenvalue weighted by molar-refractivity contribution is 14.1. The topological polar surface area (TPSA) is 58.6 Å². The van der Waals surface area contributed by atoms with Gasteiger partial charge in [-0.1, -0.05) is 0 Å². The molecular formula is C15H13FINO3. The molecule has 0 saturated carbocycles. The van der Waals surface area contributed by atoms with Crippen molar-refractivity contribution in [3.05, 3.63) is 51.3 Å². The van der Waals surface area contributed by atoms with Gasteiger partial charge in [0, 0.05) is 17.3 Å². The van der Waals surface area contributed by atoms with Crippen LogP contribution >= 0.6 is 22.6 Å². The van der Waals surface area contributed by atoms with E-state index in [2.05, 4.69) is 5.32 Å². The Bertz CT molecular complexity index is 676. The molecule has 2 N–H and O–H groups in total. The van der Waals surface area contributed by atoms with Crippen LogP contribution in [-0.2, 0) is 0 Å². The van der Waals surface area contributed by atoms with Crippen LogP contribution < -0.4 is 10.1 Å². The molecule has 0 aliphatic rings. The zero-order valence-corrected chi connectivity index (χ0v) is 13.3. The van der Waals surface area contributed by atoms with Crippen LogP contribution in [0.3, 0.4) is 0 Å². The minimum Gasteiger partial charge on any atom is -0.507 e. The lowest BCUT2D eigenvalue weighted by atomic mass is 10.2. The van der Waals surface area contributed by atoms with E-state index >= 15 is 0 Å². The lowest BCUT2D eigenvalue weighted by molar-refractivity contribution is 0.102. The Morgan fingerprint density at radius 1 is 1.33 bits per heavy atom. The largest absolute Gasteiger partial charge is 0.507 e. The number of carbonyl (C=O) groups excluding carboxylic acids is 1. The third-order valence-corrected chi connectivity index (χ3v) is 3.61. The predicted octanol–water partition coefficient (Wildman–Crippen LogP) is 3.79. The summed E-state index contributed by atoms with van der Waals surface area (Å²) in [6, 6.07) is 8.78. The van der Waals surface area contributed by atoms with Crippen LogP contribution in [-0.4, -0.2) is 17.6 Å². The minimum absolute atomic E-state index is 0.0288. The molecule has 0 radical (unpaired) electrons. The third kappa shape index (κ3) is 3.84. The van der Waals surface area contributed by atoms with E-state index in [1.807, 2.05) is 22.6 Å². The number of aromatic hydroxyl groups is 1. The van der Waals surface area contributed by atoms with Crippen molar-refractivity contribution in [2.24, 2.45) is 0 Å². The van der Waals surface area contributed by atoms with Gasteiger partial charge in [0.1, 0.15) is 5.75 Å². The molecule has 110 valence electrons. The van der Waals surface area contributed by atoms with Gasteiger partial charge in [0.2, 0.25) is 0 Å². The van der Waals surface area contributed by atoms with E-state index in [9.17, 15) is 14.3 Å². The molecule has 21 heavy (non-hydrogen) atoms. The lowest BCUT2D eigenvalue weighted by Gasteiger charge is -2.09. The van der Waals surface area contributed by atoms with Crippen molar-refractivity contribution in [1.82, 2.24) is 0 Å². The molecule has 0 unspecified atom stereocenters. The fourth-order valence-corrected chi connectivity index (χ4v) is 2.04. The standard InChI is InChI=1S/C15H13FINO3/c1-2-21-14-6-4-10(8-11(14)16)18-15(20)9-3-5-12(17)13(19)7-9/h3-8,19H,2H2,1H3,(H,18,20). The number of rotatable bonds is 4. The molecule has 0 bridgehead atoms. The summed E-state index contributed by atoms with van der Waals surface area (Å²) < 4.78 is 19.4. The second kappa shape index (κ2) is 6.75. The first kappa shape index (κ1) is 15.6. The highest BCUT2D eigenvalue weighted by Gasteiger charge is 2.10. The number of ether oxygens (including phenoxy) is 1. The number of phenols is 1. The molecule has 0 aliphatic carbocycles. The number of phenolic OH excluding ortho intramolecular Hbond substituents is 1. The van der Waals surface area contributed by atoms with E-state index in [1.165, 1.54) is 18.2 Å². The lowest BCUT2D eigenvalue weighted by Crippen LogP contribution is -2.12. The molecule has 0 saturated heterocycles. The van der Waals surface area contributed by atoms with Gasteiger partial charge in [0.05, 0.1) is 10.2 Å². The molecule has 0 spiro atoms. The van der Waals surface area contributed by atoms with Crippen LogP contribution in [0.25, 0.3) is 0 Å². The van der Waals surface area contributed by atoms with Gasteiger partial charge < -0.3 is 15.2 Å². The maximum atomic E-state index is 13.7. The van der Waals surface area contributed by atoms with Crippen LogP contribution in [0.15, 0.2) is 36.4 Å². The quantitative estimate of drug-likeness (QED) is 0.767. The van der Waals surface area contributed by atoms with Crippen LogP contribution in [0.1, 0.15) is 17.3 Å². The van der Waals surface area contributed by atoms with Crippen molar-refractivity contribution in [2.45, 2.75) is 6.92 Å². The average Bonchev–Trinajstić information content (AvgIpc) is 2.45. The van der Waals surface area contributed by atoms with E-state index in [-0.39, 0.29) is 11.5 Å². The predicted molar refractivity (Wildman–Crippen MR) is 86.3 cm³/mol. The third-order valence-electron chi connectivity index (χ3n) is 2.70. The van der Waals surface area contributed by atoms with Gasteiger partial charge in [-0.25, -0.2) is 4.39 Å². The Morgan fingerprint density at radius 2 is 2.10 bits per heavy atom. The van der Waals surface area contributed by atoms with Gasteiger partial charge in [0.25, 0.3) is 5.91 Å². The van der Waals surface area contributed by atoms with Crippen molar-refractivity contribution in [3.8, 4) is 11.5 Å².